The third-order valence-electron chi connectivity index (χ3n) is 2.54. The molecule has 0 saturated carbocycles. The molecule has 2 rings (SSSR count). The van der Waals surface area contributed by atoms with Gasteiger partial charge in [0.15, 0.2) is 0 Å². The normalized spacial score (nSPS) is 10.3. The van der Waals surface area contributed by atoms with E-state index < -0.39 is 17.5 Å². The average Bonchev–Trinajstić information content (AvgIpc) is 2.36. The first kappa shape index (κ1) is 13.5. The second kappa shape index (κ2) is 5.36. The van der Waals surface area contributed by atoms with Crippen LogP contribution in [0.4, 0.5) is 14.5 Å². The molecule has 2 nitrogen and oxygen atoms in total. The molecule has 2 aromatic rings. The second-order valence-electron chi connectivity index (χ2n) is 4.06. The Bertz CT molecular complexity index is 643. The Balaban J connectivity index is 2.30. The fourth-order valence-electron chi connectivity index (χ4n) is 1.60. The van der Waals surface area contributed by atoms with E-state index in [9.17, 15) is 13.6 Å². The van der Waals surface area contributed by atoms with Crippen molar-refractivity contribution in [3.05, 3.63) is 64.2 Å². The second-order valence-corrected chi connectivity index (χ2v) is 4.50. The number of nitrogens with one attached hydrogen (secondary N) is 1. The fraction of sp³-hybridized carbons (Fsp3) is 0.0714. The van der Waals surface area contributed by atoms with E-state index in [1.807, 2.05) is 0 Å². The van der Waals surface area contributed by atoms with Crippen LogP contribution in [0.3, 0.4) is 0 Å². The Morgan fingerprint density at radius 3 is 2.53 bits per heavy atom. The minimum atomic E-state index is -0.746. The number of amides is 1. The summed E-state index contributed by atoms with van der Waals surface area (Å²) in [6.45, 7) is 1.76. The van der Waals surface area contributed by atoms with Crippen LogP contribution in [0, 0.1) is 18.6 Å². The maximum atomic E-state index is 13.5. The molecular formula is C14H10ClF2NO. The monoisotopic (exact) mass is 281 g/mol. The first-order valence-electron chi connectivity index (χ1n) is 5.50. The van der Waals surface area contributed by atoms with Crippen molar-refractivity contribution in [1.29, 1.82) is 0 Å². The number of benzene rings is 2. The lowest BCUT2D eigenvalue weighted by molar-refractivity contribution is 0.102. The number of halogens is 3. The minimum Gasteiger partial charge on any atom is -0.319 e. The predicted molar refractivity (Wildman–Crippen MR) is 70.5 cm³/mol. The maximum Gasteiger partial charge on any atom is 0.258 e. The summed E-state index contributed by atoms with van der Waals surface area (Å²) >= 11 is 5.70. The number of anilines is 1. The summed E-state index contributed by atoms with van der Waals surface area (Å²) in [6, 6.07) is 7.89. The van der Waals surface area contributed by atoms with Gasteiger partial charge in [-0.2, -0.15) is 0 Å². The van der Waals surface area contributed by atoms with Crippen LogP contribution >= 0.6 is 11.6 Å². The van der Waals surface area contributed by atoms with Gasteiger partial charge in [-0.15, -0.1) is 0 Å². The zero-order valence-electron chi connectivity index (χ0n) is 10.0. The van der Waals surface area contributed by atoms with Gasteiger partial charge in [0.05, 0.1) is 11.3 Å². The summed E-state index contributed by atoms with van der Waals surface area (Å²) in [5, 5.41) is 2.56. The third-order valence-corrected chi connectivity index (χ3v) is 2.78. The number of hydrogen-bond acceptors (Lipinski definition) is 1. The maximum absolute atomic E-state index is 13.5. The topological polar surface area (TPSA) is 29.1 Å². The SMILES string of the molecule is Cc1ccc(F)c(NC(=O)c2cc(Cl)ccc2F)c1. The molecule has 1 N–H and O–H groups in total. The van der Waals surface area contributed by atoms with Gasteiger partial charge in [-0.05, 0) is 42.8 Å². The highest BCUT2D eigenvalue weighted by molar-refractivity contribution is 6.31. The molecule has 0 unspecified atom stereocenters. The summed E-state index contributed by atoms with van der Waals surface area (Å²) in [7, 11) is 0. The number of carbonyl (C=O) groups is 1. The van der Waals surface area contributed by atoms with Crippen LogP contribution in [-0.4, -0.2) is 5.91 Å². The summed E-state index contributed by atoms with van der Waals surface area (Å²) in [5.74, 6) is -2.04. The van der Waals surface area contributed by atoms with Crippen LogP contribution in [-0.2, 0) is 0 Å². The van der Waals surface area contributed by atoms with Gasteiger partial charge in [-0.25, -0.2) is 8.78 Å². The van der Waals surface area contributed by atoms with Crippen LogP contribution in [0.2, 0.25) is 5.02 Å². The Hall–Kier alpha value is -1.94. The summed E-state index contributed by atoms with van der Waals surface area (Å²) in [4.78, 5) is 11.9. The van der Waals surface area contributed by atoms with Crippen molar-refractivity contribution in [2.75, 3.05) is 5.32 Å². The smallest absolute Gasteiger partial charge is 0.258 e. The van der Waals surface area contributed by atoms with Gasteiger partial charge in [0.1, 0.15) is 11.6 Å². The number of carbonyl (C=O) groups excluding carboxylic acids is 1. The molecule has 0 saturated heterocycles. The van der Waals surface area contributed by atoms with E-state index in [1.165, 1.54) is 24.3 Å². The third kappa shape index (κ3) is 3.09. The van der Waals surface area contributed by atoms with E-state index in [4.69, 9.17) is 11.6 Å². The zero-order chi connectivity index (χ0) is 14.0. The largest absolute Gasteiger partial charge is 0.319 e. The molecule has 19 heavy (non-hydrogen) atoms. The molecule has 5 heteroatoms. The Morgan fingerprint density at radius 1 is 1.11 bits per heavy atom. The molecule has 2 aromatic carbocycles. The lowest BCUT2D eigenvalue weighted by Crippen LogP contribution is -2.14. The van der Waals surface area contributed by atoms with Crippen molar-refractivity contribution < 1.29 is 13.6 Å². The molecule has 0 aliphatic heterocycles. The number of hydrogen-bond donors (Lipinski definition) is 1. The highest BCUT2D eigenvalue weighted by Gasteiger charge is 2.14. The minimum absolute atomic E-state index is 0.00405. The van der Waals surface area contributed by atoms with Gasteiger partial charge in [-0.1, -0.05) is 17.7 Å². The standard InChI is InChI=1S/C14H10ClF2NO/c1-8-2-4-12(17)13(6-8)18-14(19)10-7-9(15)3-5-11(10)16/h2-7H,1H3,(H,18,19). The van der Waals surface area contributed by atoms with Crippen molar-refractivity contribution in [1.82, 2.24) is 0 Å². The van der Waals surface area contributed by atoms with Gasteiger partial charge in [-0.3, -0.25) is 4.79 Å². The molecule has 0 aliphatic rings. The van der Waals surface area contributed by atoms with Gasteiger partial charge < -0.3 is 5.32 Å². The lowest BCUT2D eigenvalue weighted by atomic mass is 10.1. The van der Waals surface area contributed by atoms with Gasteiger partial charge in [0.25, 0.3) is 5.91 Å². The van der Waals surface area contributed by atoms with Crippen molar-refractivity contribution in [2.45, 2.75) is 6.92 Å². The molecule has 0 aromatic heterocycles. The van der Waals surface area contributed by atoms with Crippen LogP contribution < -0.4 is 5.32 Å². The Morgan fingerprint density at radius 2 is 1.79 bits per heavy atom. The molecule has 0 radical (unpaired) electrons. The van der Waals surface area contributed by atoms with Crippen LogP contribution in [0.25, 0.3) is 0 Å². The van der Waals surface area contributed by atoms with E-state index in [-0.39, 0.29) is 16.3 Å². The molecule has 1 amide bonds. The van der Waals surface area contributed by atoms with Gasteiger partial charge in [0, 0.05) is 5.02 Å². The zero-order valence-corrected chi connectivity index (χ0v) is 10.8. The number of aryl methyl sites for hydroxylation is 1. The van der Waals surface area contributed by atoms with Gasteiger partial charge >= 0.3 is 0 Å². The molecule has 98 valence electrons. The fourth-order valence-corrected chi connectivity index (χ4v) is 1.77. The van der Waals surface area contributed by atoms with Crippen molar-refractivity contribution >= 4 is 23.2 Å². The van der Waals surface area contributed by atoms with E-state index in [0.717, 1.165) is 11.6 Å². The molecule has 0 spiro atoms. The van der Waals surface area contributed by atoms with E-state index in [2.05, 4.69) is 5.32 Å². The molecule has 0 bridgehead atoms. The van der Waals surface area contributed by atoms with Crippen molar-refractivity contribution in [3.63, 3.8) is 0 Å². The summed E-state index contributed by atoms with van der Waals surface area (Å²) < 4.78 is 27.0. The first-order chi connectivity index (χ1) is 8.97. The van der Waals surface area contributed by atoms with Crippen LogP contribution in [0.5, 0.6) is 0 Å². The average molecular weight is 282 g/mol. The summed E-state index contributed by atoms with van der Waals surface area (Å²) in [5.41, 5.74) is 0.557. The van der Waals surface area contributed by atoms with Crippen LogP contribution in [0.1, 0.15) is 15.9 Å². The molecular weight excluding hydrogens is 272 g/mol. The molecule has 0 atom stereocenters. The van der Waals surface area contributed by atoms with Crippen LogP contribution in [0.15, 0.2) is 36.4 Å². The Kier molecular flexibility index (Phi) is 3.81. The Labute approximate surface area is 114 Å². The predicted octanol–water partition coefficient (Wildman–Crippen LogP) is 4.18. The molecule has 0 fully saturated rings. The van der Waals surface area contributed by atoms with E-state index >= 15 is 0 Å². The quantitative estimate of drug-likeness (QED) is 0.879. The highest BCUT2D eigenvalue weighted by Crippen LogP contribution is 2.19. The van der Waals surface area contributed by atoms with E-state index in [1.54, 1.807) is 13.0 Å². The summed E-state index contributed by atoms with van der Waals surface area (Å²) in [6.07, 6.45) is 0. The molecule has 0 aliphatic carbocycles. The lowest BCUT2D eigenvalue weighted by Gasteiger charge is -2.08. The van der Waals surface area contributed by atoms with Crippen molar-refractivity contribution in [2.24, 2.45) is 0 Å². The van der Waals surface area contributed by atoms with Crippen molar-refractivity contribution in [3.8, 4) is 0 Å². The molecule has 0 heterocycles. The van der Waals surface area contributed by atoms with E-state index in [0.29, 0.717) is 0 Å². The first-order valence-corrected chi connectivity index (χ1v) is 5.88. The van der Waals surface area contributed by atoms with Gasteiger partial charge in [0.2, 0.25) is 0 Å². The highest BCUT2D eigenvalue weighted by atomic mass is 35.5. The number of rotatable bonds is 2.